The van der Waals surface area contributed by atoms with Crippen LogP contribution in [-0.2, 0) is 21.7 Å². The minimum Gasteiger partial charge on any atom is -0.309 e. The van der Waals surface area contributed by atoms with Crippen LogP contribution in [0.15, 0.2) is 212 Å². The molecule has 0 N–H and O–H groups in total. The molecule has 0 heterocycles. The van der Waals surface area contributed by atoms with Crippen LogP contribution in [0.2, 0.25) is 0 Å². The van der Waals surface area contributed by atoms with Crippen molar-refractivity contribution in [1.82, 2.24) is 0 Å². The van der Waals surface area contributed by atoms with Crippen molar-refractivity contribution in [3.05, 3.63) is 268 Å². The molecule has 10 aromatic rings. The standard InChI is InChI=1S/C70H53N/c1-67(2)54-27-15-10-22-46(54)50-36-33-44(39-59(50)67)71(45-34-37-51-47-23-11-16-28-55(47)68(3,4)60(51)40-45)66-64-52-26-14-17-29-56(52)69(5,6)62(64)41-63-65(66)53-35-32-43(42-20-8-7-9-21-42)38-61(53)70(63)57-30-18-12-24-48(57)49-25-13-19-31-58(49)70/h7-41H,1-6H3. The Morgan fingerprint density at radius 3 is 1.17 bits per heavy atom. The Labute approximate surface area is 417 Å². The summed E-state index contributed by atoms with van der Waals surface area (Å²) in [4.78, 5) is 2.70. The van der Waals surface area contributed by atoms with Gasteiger partial charge in [0, 0.05) is 38.7 Å². The fourth-order valence-electron chi connectivity index (χ4n) is 14.5. The first-order valence-corrected chi connectivity index (χ1v) is 25.5. The lowest BCUT2D eigenvalue weighted by atomic mass is 9.69. The summed E-state index contributed by atoms with van der Waals surface area (Å²) < 4.78 is 0. The van der Waals surface area contributed by atoms with Gasteiger partial charge >= 0.3 is 0 Å². The van der Waals surface area contributed by atoms with Crippen molar-refractivity contribution in [3.63, 3.8) is 0 Å². The zero-order valence-electron chi connectivity index (χ0n) is 41.2. The van der Waals surface area contributed by atoms with Gasteiger partial charge in [0.25, 0.3) is 0 Å². The molecule has 338 valence electrons. The fourth-order valence-corrected chi connectivity index (χ4v) is 14.5. The molecule has 71 heavy (non-hydrogen) atoms. The Morgan fingerprint density at radius 1 is 0.254 bits per heavy atom. The topological polar surface area (TPSA) is 3.24 Å². The summed E-state index contributed by atoms with van der Waals surface area (Å²) in [5, 5.41) is 0. The molecule has 1 spiro atoms. The number of hydrogen-bond donors (Lipinski definition) is 0. The lowest BCUT2D eigenvalue weighted by molar-refractivity contribution is 0.657. The lowest BCUT2D eigenvalue weighted by Gasteiger charge is -2.35. The molecule has 0 aromatic heterocycles. The van der Waals surface area contributed by atoms with E-state index in [2.05, 4.69) is 259 Å². The third-order valence-electron chi connectivity index (χ3n) is 17.9. The van der Waals surface area contributed by atoms with Gasteiger partial charge in [-0.15, -0.1) is 0 Å². The quantitative estimate of drug-likeness (QED) is 0.170. The van der Waals surface area contributed by atoms with Gasteiger partial charge in [-0.1, -0.05) is 224 Å². The van der Waals surface area contributed by atoms with E-state index >= 15 is 0 Å². The second-order valence-electron chi connectivity index (χ2n) is 22.3. The third kappa shape index (κ3) is 5.06. The van der Waals surface area contributed by atoms with Crippen LogP contribution in [0.1, 0.15) is 97.2 Å². The second kappa shape index (κ2) is 13.9. The summed E-state index contributed by atoms with van der Waals surface area (Å²) in [6.07, 6.45) is 0. The summed E-state index contributed by atoms with van der Waals surface area (Å²) >= 11 is 0. The highest BCUT2D eigenvalue weighted by Crippen LogP contribution is 2.69. The molecule has 10 aromatic carbocycles. The van der Waals surface area contributed by atoms with Gasteiger partial charge in [0.1, 0.15) is 0 Å². The molecule has 0 bridgehead atoms. The number of rotatable bonds is 4. The average molecular weight is 908 g/mol. The van der Waals surface area contributed by atoms with Crippen LogP contribution >= 0.6 is 0 Å². The van der Waals surface area contributed by atoms with Gasteiger partial charge in [0.05, 0.1) is 11.1 Å². The van der Waals surface area contributed by atoms with Gasteiger partial charge in [0.15, 0.2) is 0 Å². The maximum Gasteiger partial charge on any atom is 0.0726 e. The fraction of sp³-hybridized carbons (Fsp3) is 0.143. The van der Waals surface area contributed by atoms with Crippen LogP contribution in [0.4, 0.5) is 17.1 Å². The molecule has 0 saturated carbocycles. The smallest absolute Gasteiger partial charge is 0.0726 e. The Kier molecular flexibility index (Phi) is 7.98. The van der Waals surface area contributed by atoms with Crippen molar-refractivity contribution < 1.29 is 0 Å². The van der Waals surface area contributed by atoms with Gasteiger partial charge in [-0.2, -0.15) is 0 Å². The molecule has 0 aliphatic heterocycles. The van der Waals surface area contributed by atoms with E-state index in [9.17, 15) is 0 Å². The molecule has 0 radical (unpaired) electrons. The predicted molar refractivity (Wildman–Crippen MR) is 296 cm³/mol. The van der Waals surface area contributed by atoms with Crippen molar-refractivity contribution in [1.29, 1.82) is 0 Å². The minimum atomic E-state index is -0.577. The first-order chi connectivity index (χ1) is 34.5. The summed E-state index contributed by atoms with van der Waals surface area (Å²) in [6.45, 7) is 14.6. The largest absolute Gasteiger partial charge is 0.309 e. The predicted octanol–water partition coefficient (Wildman–Crippen LogP) is 18.1. The molecule has 15 rings (SSSR count). The summed E-state index contributed by atoms with van der Waals surface area (Å²) in [5.74, 6) is 0. The molecule has 0 amide bonds. The van der Waals surface area contributed by atoms with E-state index in [-0.39, 0.29) is 16.2 Å². The van der Waals surface area contributed by atoms with Gasteiger partial charge in [-0.05, 0) is 142 Å². The van der Waals surface area contributed by atoms with Crippen LogP contribution in [0.5, 0.6) is 0 Å². The van der Waals surface area contributed by atoms with E-state index in [1.165, 1.54) is 139 Å². The Bertz CT molecular complexity index is 3820. The summed E-state index contributed by atoms with van der Waals surface area (Å²) in [6, 6.07) is 81.7. The maximum atomic E-state index is 2.70. The van der Waals surface area contributed by atoms with Crippen LogP contribution in [0.3, 0.4) is 0 Å². The number of anilines is 3. The number of fused-ring (bicyclic) bond motifs is 19. The monoisotopic (exact) mass is 907 g/mol. The van der Waals surface area contributed by atoms with E-state index in [1.807, 2.05) is 0 Å². The van der Waals surface area contributed by atoms with Crippen molar-refractivity contribution >= 4 is 17.1 Å². The molecular formula is C70H53N. The molecule has 1 nitrogen and oxygen atoms in total. The molecule has 0 saturated heterocycles. The van der Waals surface area contributed by atoms with Crippen molar-refractivity contribution in [2.75, 3.05) is 4.90 Å². The third-order valence-corrected chi connectivity index (χ3v) is 17.9. The molecular weight excluding hydrogens is 855 g/mol. The number of nitrogens with zero attached hydrogens (tertiary/aromatic N) is 1. The highest BCUT2D eigenvalue weighted by Gasteiger charge is 2.55. The second-order valence-corrected chi connectivity index (χ2v) is 22.3. The highest BCUT2D eigenvalue weighted by molar-refractivity contribution is 6.09. The lowest BCUT2D eigenvalue weighted by Crippen LogP contribution is -2.27. The van der Waals surface area contributed by atoms with E-state index < -0.39 is 5.41 Å². The van der Waals surface area contributed by atoms with Crippen LogP contribution in [-0.4, -0.2) is 0 Å². The number of benzene rings is 10. The zero-order chi connectivity index (χ0) is 47.8. The molecule has 5 aliphatic rings. The van der Waals surface area contributed by atoms with Crippen molar-refractivity contribution in [3.8, 4) is 66.8 Å². The van der Waals surface area contributed by atoms with E-state index in [4.69, 9.17) is 0 Å². The summed E-state index contributed by atoms with van der Waals surface area (Å²) in [5.41, 5.74) is 31.7. The van der Waals surface area contributed by atoms with Gasteiger partial charge < -0.3 is 4.90 Å². The first-order valence-electron chi connectivity index (χ1n) is 25.5. The normalized spacial score (nSPS) is 16.2. The Hall–Kier alpha value is -8.00. The minimum absolute atomic E-state index is 0.188. The van der Waals surface area contributed by atoms with Crippen LogP contribution < -0.4 is 4.90 Å². The van der Waals surface area contributed by atoms with Gasteiger partial charge in [-0.3, -0.25) is 0 Å². The summed E-state index contributed by atoms with van der Waals surface area (Å²) in [7, 11) is 0. The SMILES string of the molecule is CC1(C)c2ccccc2-c2ccc(N(c3ccc4c(c3)C(C)(C)c3ccccc3-4)c3c4c(cc5c3-c3ccc(-c6ccccc6)cc3C53c5ccccc5-c5ccccc53)C(C)(C)c3ccccc3-4)cc21. The molecule has 5 aliphatic carbocycles. The highest BCUT2D eigenvalue weighted by atomic mass is 15.2. The van der Waals surface area contributed by atoms with Crippen molar-refractivity contribution in [2.45, 2.75) is 63.2 Å². The van der Waals surface area contributed by atoms with E-state index in [0.717, 1.165) is 0 Å². The molecule has 0 fully saturated rings. The van der Waals surface area contributed by atoms with Crippen LogP contribution in [0, 0.1) is 0 Å². The van der Waals surface area contributed by atoms with E-state index in [1.54, 1.807) is 0 Å². The Balaban J connectivity index is 1.12. The van der Waals surface area contributed by atoms with Gasteiger partial charge in [0.2, 0.25) is 0 Å². The number of hydrogen-bond acceptors (Lipinski definition) is 1. The van der Waals surface area contributed by atoms with Crippen molar-refractivity contribution in [2.24, 2.45) is 0 Å². The molecule has 0 unspecified atom stereocenters. The zero-order valence-corrected chi connectivity index (χ0v) is 41.2. The van der Waals surface area contributed by atoms with E-state index in [0.29, 0.717) is 0 Å². The Morgan fingerprint density at radius 2 is 0.634 bits per heavy atom. The van der Waals surface area contributed by atoms with Gasteiger partial charge in [-0.25, -0.2) is 0 Å². The maximum absolute atomic E-state index is 2.70. The molecule has 0 atom stereocenters. The average Bonchev–Trinajstić information content (AvgIpc) is 4.10. The first kappa shape index (κ1) is 40.8. The molecule has 1 heteroatoms. The van der Waals surface area contributed by atoms with Crippen LogP contribution in [0.25, 0.3) is 66.8 Å².